The van der Waals surface area contributed by atoms with Gasteiger partial charge in [0.05, 0.1) is 19.2 Å². The van der Waals surface area contributed by atoms with E-state index in [0.29, 0.717) is 6.42 Å². The summed E-state index contributed by atoms with van der Waals surface area (Å²) in [6.07, 6.45) is 1.62. The number of rotatable bonds is 6. The zero-order valence-corrected chi connectivity index (χ0v) is 11.3. The number of nitrogens with one attached hydrogen (secondary N) is 1. The van der Waals surface area contributed by atoms with E-state index in [1.165, 1.54) is 0 Å². The maximum absolute atomic E-state index is 11.8. The summed E-state index contributed by atoms with van der Waals surface area (Å²) in [6.45, 7) is 3.96. The summed E-state index contributed by atoms with van der Waals surface area (Å²) < 4.78 is 5.09. The fourth-order valence-electron chi connectivity index (χ4n) is 1.74. The van der Waals surface area contributed by atoms with Gasteiger partial charge < -0.3 is 15.8 Å². The number of nitrogens with two attached hydrogens (primary N) is 1. The van der Waals surface area contributed by atoms with Crippen LogP contribution in [0.5, 0.6) is 5.75 Å². The Morgan fingerprint density at radius 1 is 1.39 bits per heavy atom. The number of hydrogen-bond acceptors (Lipinski definition) is 3. The van der Waals surface area contributed by atoms with Gasteiger partial charge in [-0.3, -0.25) is 4.79 Å². The summed E-state index contributed by atoms with van der Waals surface area (Å²) in [6, 6.07) is 7.17. The Morgan fingerprint density at radius 2 is 2.00 bits per heavy atom. The number of carbonyl (C=O) groups excluding carboxylic acids is 1. The molecule has 0 heterocycles. The predicted octanol–water partition coefficient (Wildman–Crippen LogP) is 2.00. The van der Waals surface area contributed by atoms with Gasteiger partial charge in [0.15, 0.2) is 0 Å². The van der Waals surface area contributed by atoms with Crippen LogP contribution in [0.1, 0.15) is 38.3 Å². The van der Waals surface area contributed by atoms with Crippen LogP contribution in [0, 0.1) is 0 Å². The molecule has 1 amide bonds. The monoisotopic (exact) mass is 250 g/mol. The molecule has 0 fully saturated rings. The van der Waals surface area contributed by atoms with Crippen molar-refractivity contribution in [2.24, 2.45) is 5.73 Å². The van der Waals surface area contributed by atoms with E-state index in [2.05, 4.69) is 5.32 Å². The first-order valence-corrected chi connectivity index (χ1v) is 6.28. The number of hydrogen-bond donors (Lipinski definition) is 2. The van der Waals surface area contributed by atoms with Crippen molar-refractivity contribution in [3.05, 3.63) is 29.8 Å². The molecular formula is C14H22N2O2. The van der Waals surface area contributed by atoms with E-state index in [9.17, 15) is 4.79 Å². The average molecular weight is 250 g/mol. The van der Waals surface area contributed by atoms with Crippen LogP contribution >= 0.6 is 0 Å². The smallest absolute Gasteiger partial charge is 0.237 e. The minimum Gasteiger partial charge on any atom is -0.497 e. The second-order valence-electron chi connectivity index (χ2n) is 4.40. The summed E-state index contributed by atoms with van der Waals surface area (Å²) >= 11 is 0. The molecule has 18 heavy (non-hydrogen) atoms. The van der Waals surface area contributed by atoms with Crippen LogP contribution < -0.4 is 15.8 Å². The van der Waals surface area contributed by atoms with Gasteiger partial charge in [-0.05, 0) is 31.0 Å². The van der Waals surface area contributed by atoms with E-state index in [1.54, 1.807) is 7.11 Å². The Bertz CT molecular complexity index is 376. The number of carbonyl (C=O) groups is 1. The number of benzene rings is 1. The van der Waals surface area contributed by atoms with E-state index >= 15 is 0 Å². The molecule has 100 valence electrons. The van der Waals surface area contributed by atoms with Gasteiger partial charge in [0.1, 0.15) is 5.75 Å². The molecule has 2 atom stereocenters. The summed E-state index contributed by atoms with van der Waals surface area (Å²) in [5, 5.41) is 2.91. The van der Waals surface area contributed by atoms with E-state index < -0.39 is 6.04 Å². The standard InChI is InChI=1S/C14H22N2O2/c1-4-5-13(15)14(17)16-10(2)11-6-8-12(18-3)9-7-11/h6-10,13H,4-5,15H2,1-3H3,(H,16,17)/t10-,13+/m0/s1. The molecule has 1 aromatic carbocycles. The van der Waals surface area contributed by atoms with Crippen LogP contribution in [0.3, 0.4) is 0 Å². The van der Waals surface area contributed by atoms with Crippen LogP contribution in [-0.4, -0.2) is 19.1 Å². The van der Waals surface area contributed by atoms with Crippen molar-refractivity contribution in [2.75, 3.05) is 7.11 Å². The largest absolute Gasteiger partial charge is 0.497 e. The molecule has 4 nitrogen and oxygen atoms in total. The van der Waals surface area contributed by atoms with E-state index in [4.69, 9.17) is 10.5 Å². The van der Waals surface area contributed by atoms with Crippen molar-refractivity contribution < 1.29 is 9.53 Å². The molecule has 0 saturated carbocycles. The molecule has 0 radical (unpaired) electrons. The van der Waals surface area contributed by atoms with E-state index in [-0.39, 0.29) is 11.9 Å². The molecule has 0 aromatic heterocycles. The molecule has 0 unspecified atom stereocenters. The van der Waals surface area contributed by atoms with Gasteiger partial charge in [-0.2, -0.15) is 0 Å². The minimum absolute atomic E-state index is 0.0497. The van der Waals surface area contributed by atoms with Crippen molar-refractivity contribution >= 4 is 5.91 Å². The van der Waals surface area contributed by atoms with Crippen LogP contribution in [-0.2, 0) is 4.79 Å². The quantitative estimate of drug-likeness (QED) is 0.811. The molecule has 0 bridgehead atoms. The van der Waals surface area contributed by atoms with Gasteiger partial charge in [-0.1, -0.05) is 25.5 Å². The van der Waals surface area contributed by atoms with E-state index in [1.807, 2.05) is 38.1 Å². The molecule has 0 spiro atoms. The van der Waals surface area contributed by atoms with Crippen molar-refractivity contribution in [2.45, 2.75) is 38.8 Å². The molecule has 3 N–H and O–H groups in total. The number of amides is 1. The normalized spacial score (nSPS) is 13.8. The average Bonchev–Trinajstić information content (AvgIpc) is 2.39. The van der Waals surface area contributed by atoms with Gasteiger partial charge >= 0.3 is 0 Å². The van der Waals surface area contributed by atoms with Crippen molar-refractivity contribution in [3.63, 3.8) is 0 Å². The molecule has 0 aliphatic rings. The minimum atomic E-state index is -0.421. The number of methoxy groups -OCH3 is 1. The lowest BCUT2D eigenvalue weighted by Gasteiger charge is -2.17. The summed E-state index contributed by atoms with van der Waals surface area (Å²) in [5.41, 5.74) is 6.80. The van der Waals surface area contributed by atoms with Crippen LogP contribution in [0.25, 0.3) is 0 Å². The first kappa shape index (κ1) is 14.5. The third-order valence-corrected chi connectivity index (χ3v) is 2.91. The zero-order valence-electron chi connectivity index (χ0n) is 11.3. The summed E-state index contributed by atoms with van der Waals surface area (Å²) in [4.78, 5) is 11.8. The Morgan fingerprint density at radius 3 is 2.50 bits per heavy atom. The zero-order chi connectivity index (χ0) is 13.5. The fourth-order valence-corrected chi connectivity index (χ4v) is 1.74. The van der Waals surface area contributed by atoms with Crippen LogP contribution in [0.4, 0.5) is 0 Å². The molecule has 1 rings (SSSR count). The maximum atomic E-state index is 11.8. The van der Waals surface area contributed by atoms with Gasteiger partial charge in [0.25, 0.3) is 0 Å². The summed E-state index contributed by atoms with van der Waals surface area (Å²) in [5.74, 6) is 0.708. The SMILES string of the molecule is CCC[C@@H](N)C(=O)N[C@@H](C)c1ccc(OC)cc1. The highest BCUT2D eigenvalue weighted by atomic mass is 16.5. The van der Waals surface area contributed by atoms with Crippen LogP contribution in [0.2, 0.25) is 0 Å². The molecule has 0 aliphatic heterocycles. The van der Waals surface area contributed by atoms with Gasteiger partial charge in [0.2, 0.25) is 5.91 Å². The second kappa shape index (κ2) is 7.01. The topological polar surface area (TPSA) is 64.4 Å². The van der Waals surface area contributed by atoms with Crippen molar-refractivity contribution in [3.8, 4) is 5.75 Å². The highest BCUT2D eigenvalue weighted by molar-refractivity contribution is 5.81. The van der Waals surface area contributed by atoms with Crippen LogP contribution in [0.15, 0.2) is 24.3 Å². The third-order valence-electron chi connectivity index (χ3n) is 2.91. The van der Waals surface area contributed by atoms with Gasteiger partial charge in [-0.25, -0.2) is 0 Å². The summed E-state index contributed by atoms with van der Waals surface area (Å²) in [7, 11) is 1.63. The lowest BCUT2D eigenvalue weighted by atomic mass is 10.1. The molecular weight excluding hydrogens is 228 g/mol. The Balaban J connectivity index is 2.58. The lowest BCUT2D eigenvalue weighted by molar-refractivity contribution is -0.123. The third kappa shape index (κ3) is 4.04. The molecule has 4 heteroatoms. The lowest BCUT2D eigenvalue weighted by Crippen LogP contribution is -2.41. The molecule has 0 saturated heterocycles. The fraction of sp³-hybridized carbons (Fsp3) is 0.500. The highest BCUT2D eigenvalue weighted by Gasteiger charge is 2.15. The Hall–Kier alpha value is -1.55. The number of ether oxygens (including phenoxy) is 1. The first-order valence-electron chi connectivity index (χ1n) is 6.28. The van der Waals surface area contributed by atoms with E-state index in [0.717, 1.165) is 17.7 Å². The first-order chi connectivity index (χ1) is 8.58. The Labute approximate surface area is 109 Å². The molecule has 0 aliphatic carbocycles. The predicted molar refractivity (Wildman–Crippen MR) is 72.4 cm³/mol. The van der Waals surface area contributed by atoms with Crippen molar-refractivity contribution in [1.82, 2.24) is 5.32 Å². The Kier molecular flexibility index (Phi) is 5.65. The molecule has 1 aromatic rings. The van der Waals surface area contributed by atoms with Gasteiger partial charge in [-0.15, -0.1) is 0 Å². The highest BCUT2D eigenvalue weighted by Crippen LogP contribution is 2.17. The van der Waals surface area contributed by atoms with Crippen molar-refractivity contribution in [1.29, 1.82) is 0 Å². The van der Waals surface area contributed by atoms with Gasteiger partial charge in [0, 0.05) is 0 Å². The maximum Gasteiger partial charge on any atom is 0.237 e. The second-order valence-corrected chi connectivity index (χ2v) is 4.40.